The third-order valence-electron chi connectivity index (χ3n) is 7.74. The van der Waals surface area contributed by atoms with Crippen LogP contribution in [0.25, 0.3) is 11.3 Å². The van der Waals surface area contributed by atoms with Gasteiger partial charge in [0, 0.05) is 54.6 Å². The molecule has 4 aliphatic heterocycles. The minimum atomic E-state index is -0.223. The molecule has 2 aromatic rings. The Kier molecular flexibility index (Phi) is 6.97. The predicted molar refractivity (Wildman–Crippen MR) is 144 cm³/mol. The Morgan fingerprint density at radius 3 is 2.49 bits per heavy atom. The minimum Gasteiger partial charge on any atom is -0.454 e. The molecule has 0 spiro atoms. The van der Waals surface area contributed by atoms with Crippen molar-refractivity contribution >= 4 is 34.6 Å². The van der Waals surface area contributed by atoms with Crippen molar-refractivity contribution in [3.8, 4) is 11.5 Å². The van der Waals surface area contributed by atoms with Crippen molar-refractivity contribution in [1.82, 2.24) is 15.1 Å². The number of hydrogen-bond donors (Lipinski definition) is 2. The average molecular weight is 533 g/mol. The molecular formula is C29H32N4O6. The van der Waals surface area contributed by atoms with Gasteiger partial charge in [0.25, 0.3) is 5.91 Å². The largest absolute Gasteiger partial charge is 0.454 e. The summed E-state index contributed by atoms with van der Waals surface area (Å²) in [5.74, 6) is 1.15. The lowest BCUT2D eigenvalue weighted by atomic mass is 9.96. The number of nitrogens with one attached hydrogen (secondary N) is 2. The quantitative estimate of drug-likeness (QED) is 0.431. The van der Waals surface area contributed by atoms with E-state index in [0.717, 1.165) is 31.5 Å². The smallest absolute Gasteiger partial charge is 0.258 e. The van der Waals surface area contributed by atoms with E-state index in [1.165, 1.54) is 6.92 Å². The van der Waals surface area contributed by atoms with Crippen LogP contribution in [-0.4, -0.2) is 86.2 Å². The van der Waals surface area contributed by atoms with E-state index in [-0.39, 0.29) is 30.4 Å². The first-order valence-corrected chi connectivity index (χ1v) is 13.4. The van der Waals surface area contributed by atoms with Crippen LogP contribution in [0, 0.1) is 0 Å². The zero-order valence-electron chi connectivity index (χ0n) is 22.0. The number of nitrogens with zero attached hydrogens (tertiary/aromatic N) is 2. The topological polar surface area (TPSA) is 109 Å². The Bertz CT molecular complexity index is 1340. The van der Waals surface area contributed by atoms with Gasteiger partial charge in [-0.25, -0.2) is 0 Å². The Labute approximate surface area is 226 Å². The van der Waals surface area contributed by atoms with Crippen LogP contribution in [0.15, 0.2) is 36.4 Å². The zero-order chi connectivity index (χ0) is 26.9. The van der Waals surface area contributed by atoms with Gasteiger partial charge in [-0.2, -0.15) is 0 Å². The van der Waals surface area contributed by atoms with Crippen LogP contribution < -0.4 is 20.1 Å². The maximum atomic E-state index is 13.3. The van der Waals surface area contributed by atoms with Crippen molar-refractivity contribution in [3.05, 3.63) is 53.1 Å². The van der Waals surface area contributed by atoms with E-state index in [4.69, 9.17) is 14.2 Å². The van der Waals surface area contributed by atoms with Gasteiger partial charge in [-0.3, -0.25) is 19.3 Å². The number of piperidine rings is 1. The van der Waals surface area contributed by atoms with Crippen molar-refractivity contribution in [2.45, 2.75) is 25.8 Å². The highest BCUT2D eigenvalue weighted by Crippen LogP contribution is 2.40. The first-order valence-electron chi connectivity index (χ1n) is 13.4. The fourth-order valence-corrected chi connectivity index (χ4v) is 5.53. The Morgan fingerprint density at radius 1 is 0.974 bits per heavy atom. The monoisotopic (exact) mass is 532 g/mol. The summed E-state index contributed by atoms with van der Waals surface area (Å²) in [6.45, 7) is 6.13. The molecule has 4 heterocycles. The number of anilines is 1. The number of fused-ring (bicyclic) bond motifs is 2. The summed E-state index contributed by atoms with van der Waals surface area (Å²) in [5, 5.41) is 6.61. The lowest BCUT2D eigenvalue weighted by Crippen LogP contribution is -2.49. The van der Waals surface area contributed by atoms with E-state index in [1.54, 1.807) is 18.2 Å². The van der Waals surface area contributed by atoms with E-state index in [1.807, 2.05) is 23.1 Å². The van der Waals surface area contributed by atoms with Crippen LogP contribution in [0.1, 0.15) is 41.3 Å². The molecule has 0 aliphatic carbocycles. The molecule has 2 amide bonds. The van der Waals surface area contributed by atoms with Gasteiger partial charge in [0.1, 0.15) is 0 Å². The molecule has 0 saturated carbocycles. The fraction of sp³-hybridized carbons (Fsp3) is 0.414. The normalized spacial score (nSPS) is 20.4. The summed E-state index contributed by atoms with van der Waals surface area (Å²) in [7, 11) is 0. The molecule has 2 aromatic carbocycles. The van der Waals surface area contributed by atoms with E-state index >= 15 is 0 Å². The van der Waals surface area contributed by atoms with Crippen LogP contribution in [-0.2, 0) is 14.3 Å². The number of morpholine rings is 1. The molecule has 10 heteroatoms. The average Bonchev–Trinajstić information content (AvgIpc) is 3.55. The predicted octanol–water partition coefficient (Wildman–Crippen LogP) is 2.35. The van der Waals surface area contributed by atoms with Crippen LogP contribution >= 0.6 is 0 Å². The maximum absolute atomic E-state index is 13.3. The summed E-state index contributed by atoms with van der Waals surface area (Å²) < 4.78 is 16.5. The molecule has 0 unspecified atom stereocenters. The molecule has 10 nitrogen and oxygen atoms in total. The second-order valence-electron chi connectivity index (χ2n) is 10.3. The van der Waals surface area contributed by atoms with Crippen molar-refractivity contribution in [1.29, 1.82) is 0 Å². The van der Waals surface area contributed by atoms with E-state index < -0.39 is 0 Å². The molecule has 204 valence electrons. The number of ketones is 1. The molecular weight excluding hydrogens is 500 g/mol. The third kappa shape index (κ3) is 5.22. The molecule has 0 bridgehead atoms. The molecule has 39 heavy (non-hydrogen) atoms. The van der Waals surface area contributed by atoms with Crippen molar-refractivity contribution in [2.24, 2.45) is 0 Å². The second kappa shape index (κ2) is 10.7. The SMILES string of the molecule is CC(=O)c1ccc2c(c1)C(=C(NC1CCN(CC(=O)N3CCOCC3)CC1)c1ccc3c(c1)OCO3)C(=O)N2. The van der Waals surface area contributed by atoms with Crippen molar-refractivity contribution in [2.75, 3.05) is 58.0 Å². The Balaban J connectivity index is 1.25. The van der Waals surface area contributed by atoms with Crippen LogP contribution in [0.5, 0.6) is 11.5 Å². The molecule has 2 fully saturated rings. The Hall–Kier alpha value is -3.89. The molecule has 0 aromatic heterocycles. The van der Waals surface area contributed by atoms with Crippen LogP contribution in [0.4, 0.5) is 5.69 Å². The molecule has 0 atom stereocenters. The number of ether oxygens (including phenoxy) is 3. The number of hydrogen-bond acceptors (Lipinski definition) is 8. The number of amides is 2. The Morgan fingerprint density at radius 2 is 1.72 bits per heavy atom. The fourth-order valence-electron chi connectivity index (χ4n) is 5.53. The number of benzene rings is 2. The summed E-state index contributed by atoms with van der Waals surface area (Å²) in [5.41, 5.74) is 3.91. The van der Waals surface area contributed by atoms with Gasteiger partial charge in [0.15, 0.2) is 17.3 Å². The second-order valence-corrected chi connectivity index (χ2v) is 10.3. The molecule has 2 N–H and O–H groups in total. The summed E-state index contributed by atoms with van der Waals surface area (Å²) in [6.07, 6.45) is 1.64. The highest BCUT2D eigenvalue weighted by atomic mass is 16.7. The van der Waals surface area contributed by atoms with E-state index in [0.29, 0.717) is 72.4 Å². The number of carbonyl (C=O) groups excluding carboxylic acids is 3. The van der Waals surface area contributed by atoms with Gasteiger partial charge in [-0.05, 0) is 56.2 Å². The zero-order valence-corrected chi connectivity index (χ0v) is 22.0. The maximum Gasteiger partial charge on any atom is 0.258 e. The third-order valence-corrected chi connectivity index (χ3v) is 7.74. The van der Waals surface area contributed by atoms with Gasteiger partial charge < -0.3 is 29.7 Å². The first kappa shape index (κ1) is 25.4. The summed E-state index contributed by atoms with van der Waals surface area (Å²) in [4.78, 5) is 42.2. The molecule has 2 saturated heterocycles. The number of likely N-dealkylation sites (tertiary alicyclic amines) is 1. The van der Waals surface area contributed by atoms with Crippen molar-refractivity contribution < 1.29 is 28.6 Å². The minimum absolute atomic E-state index is 0.0620. The van der Waals surface area contributed by atoms with Crippen LogP contribution in [0.3, 0.4) is 0 Å². The van der Waals surface area contributed by atoms with E-state index in [2.05, 4.69) is 15.5 Å². The summed E-state index contributed by atoms with van der Waals surface area (Å²) in [6, 6.07) is 11.0. The highest BCUT2D eigenvalue weighted by Gasteiger charge is 2.32. The number of Topliss-reactive ketones (excluding diaryl/α,β-unsaturated/α-hetero) is 1. The first-order chi connectivity index (χ1) is 19.0. The van der Waals surface area contributed by atoms with Gasteiger partial charge in [-0.15, -0.1) is 0 Å². The number of rotatable bonds is 6. The molecule has 6 rings (SSSR count). The van der Waals surface area contributed by atoms with Crippen molar-refractivity contribution in [3.63, 3.8) is 0 Å². The van der Waals surface area contributed by atoms with Gasteiger partial charge >= 0.3 is 0 Å². The molecule has 4 aliphatic rings. The van der Waals surface area contributed by atoms with Crippen LogP contribution in [0.2, 0.25) is 0 Å². The summed E-state index contributed by atoms with van der Waals surface area (Å²) >= 11 is 0. The molecule has 0 radical (unpaired) electrons. The highest BCUT2D eigenvalue weighted by molar-refractivity contribution is 6.36. The standard InChI is InChI=1S/C29H32N4O6/c1-18(34)19-2-4-23-22(14-19)27(29(36)31-23)28(20-3-5-24-25(15-20)39-17-38-24)30-21-6-8-32(9-7-21)16-26(35)33-10-12-37-13-11-33/h2-5,14-15,21,30H,6-13,16-17H2,1H3,(H,31,36). The van der Waals surface area contributed by atoms with Gasteiger partial charge in [0.05, 0.1) is 31.0 Å². The lowest BCUT2D eigenvalue weighted by Gasteiger charge is -2.35. The van der Waals surface area contributed by atoms with Gasteiger partial charge in [0.2, 0.25) is 12.7 Å². The lowest BCUT2D eigenvalue weighted by molar-refractivity contribution is -0.136. The van der Waals surface area contributed by atoms with E-state index in [9.17, 15) is 14.4 Å². The number of carbonyl (C=O) groups is 3. The van der Waals surface area contributed by atoms with Gasteiger partial charge in [-0.1, -0.05) is 0 Å².